The lowest BCUT2D eigenvalue weighted by atomic mass is 9.95. The molecule has 3 aromatic rings. The van der Waals surface area contributed by atoms with Gasteiger partial charge in [0.05, 0.1) is 24.7 Å². The maximum Gasteiger partial charge on any atom is 0.270 e. The quantitative estimate of drug-likeness (QED) is 0.443. The van der Waals surface area contributed by atoms with Crippen LogP contribution in [0.1, 0.15) is 18.5 Å². The van der Waals surface area contributed by atoms with Crippen molar-refractivity contribution in [3.63, 3.8) is 0 Å². The average molecular weight is 436 g/mol. The van der Waals surface area contributed by atoms with Gasteiger partial charge in [-0.2, -0.15) is 4.98 Å². The molecule has 4 rings (SSSR count). The van der Waals surface area contributed by atoms with Crippen molar-refractivity contribution in [1.82, 2.24) is 14.8 Å². The number of non-ortho nitro benzene ring substituents is 1. The topological polar surface area (TPSA) is 147 Å². The third-order valence-electron chi connectivity index (χ3n) is 5.16. The zero-order valence-corrected chi connectivity index (χ0v) is 17.5. The first-order chi connectivity index (χ1) is 15.3. The molecule has 11 heteroatoms. The molecule has 0 radical (unpaired) electrons. The van der Waals surface area contributed by atoms with Gasteiger partial charge in [0.15, 0.2) is 17.3 Å². The van der Waals surface area contributed by atoms with Crippen LogP contribution in [0, 0.1) is 10.1 Å². The SMILES string of the molecule is COc1ccc(C2C(C(N)=O)=C(C)Nc3nc(-c4cccc([N+](=O)[O-])c4)nn32)cc1OC. The fourth-order valence-corrected chi connectivity index (χ4v) is 3.68. The van der Waals surface area contributed by atoms with Gasteiger partial charge in [-0.15, -0.1) is 5.10 Å². The molecule has 0 fully saturated rings. The Bertz CT molecular complexity index is 1270. The standard InChI is InChI=1S/C21H20N6O5/c1-11-17(19(22)28)18(12-7-8-15(31-2)16(10-12)32-3)26-21(23-11)24-20(25-26)13-5-4-6-14(9-13)27(29)30/h4-10,18H,1-3H3,(H2,22,28)(H,23,24,25). The molecule has 1 aliphatic rings. The van der Waals surface area contributed by atoms with Crippen molar-refractivity contribution in [3.8, 4) is 22.9 Å². The number of nitro groups is 1. The Morgan fingerprint density at radius 3 is 2.59 bits per heavy atom. The summed E-state index contributed by atoms with van der Waals surface area (Å²) in [5, 5.41) is 18.8. The number of anilines is 1. The molecule has 1 atom stereocenters. The van der Waals surface area contributed by atoms with E-state index in [2.05, 4.69) is 15.4 Å². The van der Waals surface area contributed by atoms with E-state index in [0.717, 1.165) is 0 Å². The Balaban J connectivity index is 1.88. The van der Waals surface area contributed by atoms with Crippen molar-refractivity contribution in [1.29, 1.82) is 0 Å². The van der Waals surface area contributed by atoms with Crippen LogP contribution in [0.4, 0.5) is 11.6 Å². The van der Waals surface area contributed by atoms with Crippen molar-refractivity contribution >= 4 is 17.5 Å². The Kier molecular flexibility index (Phi) is 5.23. The Hall–Kier alpha value is -4.41. The summed E-state index contributed by atoms with van der Waals surface area (Å²) in [6.45, 7) is 1.72. The summed E-state index contributed by atoms with van der Waals surface area (Å²) >= 11 is 0. The summed E-state index contributed by atoms with van der Waals surface area (Å²) in [5.74, 6) is 1.02. The third-order valence-corrected chi connectivity index (χ3v) is 5.16. The number of fused-ring (bicyclic) bond motifs is 1. The number of nitrogens with two attached hydrogens (primary N) is 1. The monoisotopic (exact) mass is 436 g/mol. The van der Waals surface area contributed by atoms with Gasteiger partial charge in [0.2, 0.25) is 11.9 Å². The summed E-state index contributed by atoms with van der Waals surface area (Å²) in [7, 11) is 3.04. The average Bonchev–Trinajstić information content (AvgIpc) is 3.21. The number of carbonyl (C=O) groups is 1. The molecule has 3 N–H and O–H groups in total. The number of amides is 1. The molecule has 0 aliphatic carbocycles. The van der Waals surface area contributed by atoms with Gasteiger partial charge < -0.3 is 20.5 Å². The molecular weight excluding hydrogens is 416 g/mol. The third kappa shape index (κ3) is 3.49. The number of primary amides is 1. The number of ether oxygens (including phenoxy) is 2. The second kappa shape index (κ2) is 8.02. The Morgan fingerprint density at radius 1 is 1.19 bits per heavy atom. The summed E-state index contributed by atoms with van der Waals surface area (Å²) < 4.78 is 12.2. The highest BCUT2D eigenvalue weighted by Crippen LogP contribution is 2.39. The number of methoxy groups -OCH3 is 2. The second-order valence-corrected chi connectivity index (χ2v) is 7.06. The van der Waals surface area contributed by atoms with Gasteiger partial charge in [0.25, 0.3) is 5.69 Å². The molecule has 1 aromatic heterocycles. The molecular formula is C21H20N6O5. The molecule has 1 unspecified atom stereocenters. The number of benzene rings is 2. The van der Waals surface area contributed by atoms with E-state index in [0.29, 0.717) is 39.8 Å². The van der Waals surface area contributed by atoms with E-state index < -0.39 is 16.9 Å². The molecule has 0 spiro atoms. The van der Waals surface area contributed by atoms with Crippen LogP contribution in [0.5, 0.6) is 11.5 Å². The number of rotatable bonds is 6. The van der Waals surface area contributed by atoms with Gasteiger partial charge in [0, 0.05) is 23.4 Å². The van der Waals surface area contributed by atoms with E-state index in [-0.39, 0.29) is 11.5 Å². The van der Waals surface area contributed by atoms with E-state index in [4.69, 9.17) is 15.2 Å². The number of hydrogen-bond acceptors (Lipinski definition) is 8. The van der Waals surface area contributed by atoms with E-state index in [1.165, 1.54) is 31.0 Å². The molecule has 0 saturated carbocycles. The molecule has 11 nitrogen and oxygen atoms in total. The van der Waals surface area contributed by atoms with Crippen LogP contribution in [0.15, 0.2) is 53.7 Å². The summed E-state index contributed by atoms with van der Waals surface area (Å²) in [4.78, 5) is 27.5. The minimum Gasteiger partial charge on any atom is -0.493 e. The first-order valence-electron chi connectivity index (χ1n) is 9.55. The van der Waals surface area contributed by atoms with Crippen LogP contribution in [0.25, 0.3) is 11.4 Å². The highest BCUT2D eigenvalue weighted by Gasteiger charge is 2.34. The fourth-order valence-electron chi connectivity index (χ4n) is 3.68. The van der Waals surface area contributed by atoms with Crippen molar-refractivity contribution in [3.05, 3.63) is 69.4 Å². The first-order valence-corrected chi connectivity index (χ1v) is 9.55. The van der Waals surface area contributed by atoms with Crippen molar-refractivity contribution in [2.75, 3.05) is 19.5 Å². The van der Waals surface area contributed by atoms with Crippen molar-refractivity contribution < 1.29 is 19.2 Å². The minimum atomic E-state index is -0.691. The second-order valence-electron chi connectivity index (χ2n) is 7.06. The molecule has 1 aliphatic heterocycles. The predicted octanol–water partition coefficient (Wildman–Crippen LogP) is 2.64. The number of carbonyl (C=O) groups excluding carboxylic acids is 1. The van der Waals surface area contributed by atoms with Gasteiger partial charge in [-0.3, -0.25) is 14.9 Å². The first kappa shape index (κ1) is 20.8. The summed E-state index contributed by atoms with van der Waals surface area (Å²) in [5.41, 5.74) is 7.61. The maximum atomic E-state index is 12.4. The molecule has 2 heterocycles. The molecule has 1 amide bonds. The highest BCUT2D eigenvalue weighted by atomic mass is 16.6. The minimum absolute atomic E-state index is 0.0770. The van der Waals surface area contributed by atoms with Crippen LogP contribution in [0.3, 0.4) is 0 Å². The Morgan fingerprint density at radius 2 is 1.94 bits per heavy atom. The number of nitrogens with one attached hydrogen (secondary N) is 1. The van der Waals surface area contributed by atoms with E-state index in [1.54, 1.807) is 37.3 Å². The van der Waals surface area contributed by atoms with E-state index in [9.17, 15) is 14.9 Å². The number of hydrogen-bond donors (Lipinski definition) is 2. The molecule has 2 aromatic carbocycles. The summed E-state index contributed by atoms with van der Waals surface area (Å²) in [6.07, 6.45) is 0. The Labute approximate surface area is 182 Å². The number of allylic oxidation sites excluding steroid dienone is 1. The molecule has 164 valence electrons. The maximum absolute atomic E-state index is 12.4. The lowest BCUT2D eigenvalue weighted by Gasteiger charge is -2.28. The molecule has 0 bridgehead atoms. The zero-order chi connectivity index (χ0) is 23.0. The smallest absolute Gasteiger partial charge is 0.270 e. The number of nitro benzene ring substituents is 1. The fraction of sp³-hybridized carbons (Fsp3) is 0.190. The van der Waals surface area contributed by atoms with Gasteiger partial charge in [0.1, 0.15) is 6.04 Å². The van der Waals surface area contributed by atoms with Crippen molar-refractivity contribution in [2.45, 2.75) is 13.0 Å². The number of aromatic nitrogens is 3. The van der Waals surface area contributed by atoms with Gasteiger partial charge in [-0.1, -0.05) is 18.2 Å². The molecule has 0 saturated heterocycles. The van der Waals surface area contributed by atoms with Gasteiger partial charge >= 0.3 is 0 Å². The lowest BCUT2D eigenvalue weighted by Crippen LogP contribution is -2.31. The van der Waals surface area contributed by atoms with Crippen LogP contribution in [-0.4, -0.2) is 39.8 Å². The zero-order valence-electron chi connectivity index (χ0n) is 17.5. The van der Waals surface area contributed by atoms with Crippen LogP contribution >= 0.6 is 0 Å². The van der Waals surface area contributed by atoms with Gasteiger partial charge in [-0.05, 0) is 24.6 Å². The van der Waals surface area contributed by atoms with E-state index >= 15 is 0 Å². The van der Waals surface area contributed by atoms with E-state index in [1.807, 2.05) is 0 Å². The summed E-state index contributed by atoms with van der Waals surface area (Å²) in [6, 6.07) is 10.6. The highest BCUT2D eigenvalue weighted by molar-refractivity contribution is 5.95. The molecule has 32 heavy (non-hydrogen) atoms. The van der Waals surface area contributed by atoms with Gasteiger partial charge in [-0.25, -0.2) is 4.68 Å². The lowest BCUT2D eigenvalue weighted by molar-refractivity contribution is -0.384. The largest absolute Gasteiger partial charge is 0.493 e. The van der Waals surface area contributed by atoms with Crippen LogP contribution in [-0.2, 0) is 4.79 Å². The van der Waals surface area contributed by atoms with Crippen LogP contribution < -0.4 is 20.5 Å². The normalized spacial score (nSPS) is 15.0. The predicted molar refractivity (Wildman–Crippen MR) is 115 cm³/mol. The van der Waals surface area contributed by atoms with Crippen molar-refractivity contribution in [2.24, 2.45) is 5.73 Å². The number of nitrogens with zero attached hydrogens (tertiary/aromatic N) is 4. The van der Waals surface area contributed by atoms with Crippen LogP contribution in [0.2, 0.25) is 0 Å².